The summed E-state index contributed by atoms with van der Waals surface area (Å²) in [4.78, 5) is 4.35. The predicted molar refractivity (Wildman–Crippen MR) is 99.0 cm³/mol. The quantitative estimate of drug-likeness (QED) is 0.516. The third kappa shape index (κ3) is 3.35. The number of imidazole rings is 1. The van der Waals surface area contributed by atoms with Crippen molar-refractivity contribution in [2.24, 2.45) is 0 Å². The molecular formula is C18H17Cl3N2. The molecule has 0 atom stereocenters. The molecule has 5 heteroatoms. The van der Waals surface area contributed by atoms with Crippen LogP contribution in [0.15, 0.2) is 36.4 Å². The molecule has 0 aliphatic carbocycles. The Labute approximate surface area is 151 Å². The van der Waals surface area contributed by atoms with Gasteiger partial charge in [0.25, 0.3) is 0 Å². The van der Waals surface area contributed by atoms with Gasteiger partial charge in [-0.2, -0.15) is 0 Å². The van der Waals surface area contributed by atoms with Crippen LogP contribution >= 0.6 is 34.8 Å². The Hall–Kier alpha value is -1.22. The van der Waals surface area contributed by atoms with Crippen molar-refractivity contribution in [3.05, 3.63) is 62.9 Å². The first-order valence-corrected chi connectivity index (χ1v) is 8.49. The van der Waals surface area contributed by atoms with E-state index in [-0.39, 0.29) is 5.41 Å². The highest BCUT2D eigenvalue weighted by Crippen LogP contribution is 2.30. The van der Waals surface area contributed by atoms with Gasteiger partial charge in [0.15, 0.2) is 0 Å². The van der Waals surface area contributed by atoms with Gasteiger partial charge < -0.3 is 4.57 Å². The van der Waals surface area contributed by atoms with E-state index in [0.717, 1.165) is 16.6 Å². The van der Waals surface area contributed by atoms with Crippen molar-refractivity contribution >= 4 is 45.8 Å². The number of rotatable bonds is 2. The van der Waals surface area contributed by atoms with Gasteiger partial charge in [-0.05, 0) is 40.3 Å². The maximum absolute atomic E-state index is 6.29. The van der Waals surface area contributed by atoms with Crippen molar-refractivity contribution in [3.8, 4) is 0 Å². The van der Waals surface area contributed by atoms with E-state index < -0.39 is 0 Å². The Balaban J connectivity index is 1.98. The minimum absolute atomic E-state index is 0.141. The lowest BCUT2D eigenvalue weighted by Crippen LogP contribution is -2.11. The van der Waals surface area contributed by atoms with Crippen molar-refractivity contribution in [2.45, 2.75) is 32.7 Å². The minimum Gasteiger partial charge on any atom is -0.310 e. The third-order valence-electron chi connectivity index (χ3n) is 3.90. The van der Waals surface area contributed by atoms with Crippen LogP contribution in [0.5, 0.6) is 0 Å². The summed E-state index contributed by atoms with van der Waals surface area (Å²) in [5.41, 5.74) is 4.23. The first-order chi connectivity index (χ1) is 10.8. The molecular weight excluding hydrogens is 351 g/mol. The Bertz CT molecular complexity index is 859. The molecule has 0 spiro atoms. The molecule has 3 rings (SSSR count). The average Bonchev–Trinajstić information content (AvgIpc) is 2.75. The molecule has 1 heterocycles. The Morgan fingerprint density at radius 2 is 1.57 bits per heavy atom. The molecule has 3 aromatic rings. The number of halogens is 3. The molecule has 0 unspecified atom stereocenters. The first-order valence-electron chi connectivity index (χ1n) is 7.36. The summed E-state index contributed by atoms with van der Waals surface area (Å²) in [6.45, 7) is 7.24. The maximum Gasteiger partial charge on any atom is 0.204 e. The van der Waals surface area contributed by atoms with Crippen LogP contribution in [0.3, 0.4) is 0 Å². The van der Waals surface area contributed by atoms with Crippen LogP contribution < -0.4 is 0 Å². The second kappa shape index (κ2) is 6.01. The smallest absolute Gasteiger partial charge is 0.204 e. The molecule has 0 fully saturated rings. The number of aromatic nitrogens is 2. The standard InChI is InChI=1S/C18H17Cl3N2/c1-18(2,3)12-6-4-11(5-7-12)10-23-16-9-14(20)13(19)8-15(16)22-17(23)21/h4-9H,10H2,1-3H3. The fraction of sp³-hybridized carbons (Fsp3) is 0.278. The number of hydrogen-bond acceptors (Lipinski definition) is 1. The fourth-order valence-corrected chi connectivity index (χ4v) is 3.09. The monoisotopic (exact) mass is 366 g/mol. The van der Waals surface area contributed by atoms with E-state index in [9.17, 15) is 0 Å². The van der Waals surface area contributed by atoms with Crippen molar-refractivity contribution < 1.29 is 0 Å². The third-order valence-corrected chi connectivity index (χ3v) is 4.92. The zero-order valence-electron chi connectivity index (χ0n) is 13.2. The summed E-state index contributed by atoms with van der Waals surface area (Å²) in [5, 5.41) is 1.41. The van der Waals surface area contributed by atoms with Crippen molar-refractivity contribution in [2.75, 3.05) is 0 Å². The summed E-state index contributed by atoms with van der Waals surface area (Å²) in [5.74, 6) is 0. The highest BCUT2D eigenvalue weighted by atomic mass is 35.5. The highest BCUT2D eigenvalue weighted by molar-refractivity contribution is 6.42. The predicted octanol–water partition coefficient (Wildman–Crippen LogP) is 6.34. The van der Waals surface area contributed by atoms with E-state index in [4.69, 9.17) is 34.8 Å². The molecule has 0 radical (unpaired) electrons. The first kappa shape index (κ1) is 16.6. The Morgan fingerprint density at radius 1 is 0.957 bits per heavy atom. The molecule has 0 saturated heterocycles. The molecule has 0 bridgehead atoms. The molecule has 0 aliphatic rings. The van der Waals surface area contributed by atoms with E-state index in [2.05, 4.69) is 50.0 Å². The van der Waals surface area contributed by atoms with Gasteiger partial charge in [-0.15, -0.1) is 0 Å². The Kier molecular flexibility index (Phi) is 4.35. The van der Waals surface area contributed by atoms with E-state index in [1.54, 1.807) is 6.07 Å². The van der Waals surface area contributed by atoms with Gasteiger partial charge in [-0.25, -0.2) is 4.98 Å². The van der Waals surface area contributed by atoms with E-state index in [0.29, 0.717) is 21.9 Å². The normalized spacial score (nSPS) is 12.1. The van der Waals surface area contributed by atoms with Crippen LogP contribution in [0.2, 0.25) is 15.3 Å². The number of benzene rings is 2. The molecule has 0 N–H and O–H groups in total. The van der Waals surface area contributed by atoms with Crippen molar-refractivity contribution in [1.29, 1.82) is 0 Å². The van der Waals surface area contributed by atoms with Crippen LogP contribution in [-0.2, 0) is 12.0 Å². The minimum atomic E-state index is 0.141. The van der Waals surface area contributed by atoms with Crippen molar-refractivity contribution in [1.82, 2.24) is 9.55 Å². The average molecular weight is 368 g/mol. The van der Waals surface area contributed by atoms with Crippen molar-refractivity contribution in [3.63, 3.8) is 0 Å². The van der Waals surface area contributed by atoms with Crippen LogP contribution in [0.1, 0.15) is 31.9 Å². The van der Waals surface area contributed by atoms with Gasteiger partial charge >= 0.3 is 0 Å². The van der Waals surface area contributed by atoms with E-state index in [1.165, 1.54) is 5.56 Å². The zero-order chi connectivity index (χ0) is 16.8. The molecule has 0 amide bonds. The van der Waals surface area contributed by atoms with Crippen LogP contribution in [0.4, 0.5) is 0 Å². The van der Waals surface area contributed by atoms with Gasteiger partial charge in [-0.1, -0.05) is 68.2 Å². The van der Waals surface area contributed by atoms with Gasteiger partial charge in [0.1, 0.15) is 0 Å². The summed E-state index contributed by atoms with van der Waals surface area (Å²) >= 11 is 18.5. The molecule has 120 valence electrons. The second-order valence-corrected chi connectivity index (χ2v) is 7.82. The number of hydrogen-bond donors (Lipinski definition) is 0. The largest absolute Gasteiger partial charge is 0.310 e. The highest BCUT2D eigenvalue weighted by Gasteiger charge is 2.14. The van der Waals surface area contributed by atoms with Crippen LogP contribution in [0, 0.1) is 0 Å². The maximum atomic E-state index is 6.29. The van der Waals surface area contributed by atoms with Crippen LogP contribution in [-0.4, -0.2) is 9.55 Å². The van der Waals surface area contributed by atoms with E-state index >= 15 is 0 Å². The summed E-state index contributed by atoms with van der Waals surface area (Å²) < 4.78 is 1.94. The molecule has 1 aromatic heterocycles. The van der Waals surface area contributed by atoms with Gasteiger partial charge in [-0.3, -0.25) is 0 Å². The SMILES string of the molecule is CC(C)(C)c1ccc(Cn2c(Cl)nc3cc(Cl)c(Cl)cc32)cc1. The van der Waals surface area contributed by atoms with E-state index in [1.807, 2.05) is 10.6 Å². The number of fused-ring (bicyclic) bond motifs is 1. The summed E-state index contributed by atoms with van der Waals surface area (Å²) in [6, 6.07) is 12.1. The topological polar surface area (TPSA) is 17.8 Å². The fourth-order valence-electron chi connectivity index (χ4n) is 2.53. The molecule has 0 aliphatic heterocycles. The molecule has 2 aromatic carbocycles. The van der Waals surface area contributed by atoms with Gasteiger partial charge in [0.2, 0.25) is 5.28 Å². The Morgan fingerprint density at radius 3 is 2.17 bits per heavy atom. The lowest BCUT2D eigenvalue weighted by atomic mass is 9.87. The van der Waals surface area contributed by atoms with Gasteiger partial charge in [0.05, 0.1) is 27.6 Å². The molecule has 0 saturated carbocycles. The second-order valence-electron chi connectivity index (χ2n) is 6.67. The lowest BCUT2D eigenvalue weighted by molar-refractivity contribution is 0.590. The summed E-state index contributed by atoms with van der Waals surface area (Å²) in [7, 11) is 0. The molecule has 23 heavy (non-hydrogen) atoms. The lowest BCUT2D eigenvalue weighted by Gasteiger charge is -2.19. The van der Waals surface area contributed by atoms with Gasteiger partial charge in [0, 0.05) is 0 Å². The molecule has 2 nitrogen and oxygen atoms in total. The number of nitrogens with zero attached hydrogens (tertiary/aromatic N) is 2. The van der Waals surface area contributed by atoms with Crippen LogP contribution in [0.25, 0.3) is 11.0 Å². The zero-order valence-corrected chi connectivity index (χ0v) is 15.5. The summed E-state index contributed by atoms with van der Waals surface area (Å²) in [6.07, 6.45) is 0.